The number of hydrogen-bond donors (Lipinski definition) is 1. The Hall–Kier alpha value is -1.23. The van der Waals surface area contributed by atoms with Gasteiger partial charge in [-0.05, 0) is 25.5 Å². The van der Waals surface area contributed by atoms with Gasteiger partial charge in [0.1, 0.15) is 12.4 Å². The third-order valence-electron chi connectivity index (χ3n) is 1.92. The monoisotopic (exact) mass is 216 g/mol. The molecule has 2 N–H and O–H groups in total. The highest BCUT2D eigenvalue weighted by molar-refractivity contribution is 5.31. The van der Waals surface area contributed by atoms with Gasteiger partial charge < -0.3 is 10.5 Å². The summed E-state index contributed by atoms with van der Waals surface area (Å²) in [6.45, 7) is 2.97. The fourth-order valence-corrected chi connectivity index (χ4v) is 1.12. The first-order valence-corrected chi connectivity index (χ1v) is 4.63. The summed E-state index contributed by atoms with van der Waals surface area (Å²) in [5.41, 5.74) is 7.11. The van der Waals surface area contributed by atoms with Gasteiger partial charge in [0.25, 0.3) is 6.43 Å². The summed E-state index contributed by atoms with van der Waals surface area (Å²) in [5.74, 6) is 0.375. The summed E-state index contributed by atoms with van der Waals surface area (Å²) < 4.78 is 28.7. The van der Waals surface area contributed by atoms with Crippen LogP contribution in [0, 0.1) is 6.92 Å². The van der Waals surface area contributed by atoms with Gasteiger partial charge in [-0.3, -0.25) is 4.98 Å². The Kier molecular flexibility index (Phi) is 3.96. The SMILES string of the molecule is Cc1cc(C(C)N)ncc1OCC(F)F. The van der Waals surface area contributed by atoms with E-state index in [0.717, 1.165) is 11.3 Å². The number of halogens is 2. The smallest absolute Gasteiger partial charge is 0.272 e. The number of pyridine rings is 1. The standard InChI is InChI=1S/C10H14F2N2O/c1-6-3-8(7(2)13)14-4-9(6)15-5-10(11)12/h3-4,7,10H,5,13H2,1-2H3. The minimum atomic E-state index is -2.47. The molecule has 1 unspecified atom stereocenters. The summed E-state index contributed by atoms with van der Waals surface area (Å²) in [5, 5.41) is 0. The predicted molar refractivity (Wildman–Crippen MR) is 53.1 cm³/mol. The molecule has 0 amide bonds. The van der Waals surface area contributed by atoms with Crippen LogP contribution in [-0.4, -0.2) is 18.0 Å². The molecule has 0 saturated heterocycles. The fraction of sp³-hybridized carbons (Fsp3) is 0.500. The molecule has 0 aliphatic rings. The molecule has 15 heavy (non-hydrogen) atoms. The number of ether oxygens (including phenoxy) is 1. The van der Waals surface area contributed by atoms with Crippen molar-refractivity contribution in [3.8, 4) is 5.75 Å². The van der Waals surface area contributed by atoms with Crippen molar-refractivity contribution in [2.24, 2.45) is 5.73 Å². The zero-order valence-electron chi connectivity index (χ0n) is 8.71. The zero-order valence-corrected chi connectivity index (χ0v) is 8.71. The molecule has 5 heteroatoms. The van der Waals surface area contributed by atoms with Gasteiger partial charge in [-0.2, -0.15) is 0 Å². The molecular weight excluding hydrogens is 202 g/mol. The van der Waals surface area contributed by atoms with Crippen LogP contribution in [0.3, 0.4) is 0 Å². The van der Waals surface area contributed by atoms with Crippen molar-refractivity contribution in [3.63, 3.8) is 0 Å². The molecule has 1 rings (SSSR count). The van der Waals surface area contributed by atoms with Crippen LogP contribution in [0.2, 0.25) is 0 Å². The maximum atomic E-state index is 11.9. The largest absolute Gasteiger partial charge is 0.486 e. The number of hydrogen-bond acceptors (Lipinski definition) is 3. The quantitative estimate of drug-likeness (QED) is 0.838. The Morgan fingerprint density at radius 2 is 2.20 bits per heavy atom. The number of alkyl halides is 2. The molecule has 0 spiro atoms. The van der Waals surface area contributed by atoms with Crippen LogP contribution in [0.15, 0.2) is 12.3 Å². The van der Waals surface area contributed by atoms with E-state index in [1.54, 1.807) is 13.0 Å². The molecule has 84 valence electrons. The second kappa shape index (κ2) is 5.02. The minimum Gasteiger partial charge on any atom is -0.486 e. The second-order valence-electron chi connectivity index (χ2n) is 3.37. The summed E-state index contributed by atoms with van der Waals surface area (Å²) in [7, 11) is 0. The van der Waals surface area contributed by atoms with E-state index in [0.29, 0.717) is 5.75 Å². The molecule has 1 heterocycles. The molecule has 0 aromatic carbocycles. The fourth-order valence-electron chi connectivity index (χ4n) is 1.12. The topological polar surface area (TPSA) is 48.1 Å². The van der Waals surface area contributed by atoms with E-state index in [-0.39, 0.29) is 6.04 Å². The van der Waals surface area contributed by atoms with Crippen molar-refractivity contribution in [1.82, 2.24) is 4.98 Å². The number of nitrogens with two attached hydrogens (primary N) is 1. The highest BCUT2D eigenvalue weighted by atomic mass is 19.3. The van der Waals surface area contributed by atoms with E-state index in [1.165, 1.54) is 6.20 Å². The van der Waals surface area contributed by atoms with Gasteiger partial charge in [0.05, 0.1) is 11.9 Å². The Balaban J connectivity index is 2.75. The van der Waals surface area contributed by atoms with E-state index >= 15 is 0 Å². The maximum absolute atomic E-state index is 11.9. The van der Waals surface area contributed by atoms with Gasteiger partial charge in [-0.1, -0.05) is 0 Å². The average Bonchev–Trinajstić information content (AvgIpc) is 2.15. The average molecular weight is 216 g/mol. The van der Waals surface area contributed by atoms with E-state index in [2.05, 4.69) is 4.98 Å². The lowest BCUT2D eigenvalue weighted by atomic mass is 10.1. The third-order valence-corrected chi connectivity index (χ3v) is 1.92. The van der Waals surface area contributed by atoms with Crippen LogP contribution in [0.25, 0.3) is 0 Å². The Labute approximate surface area is 87.3 Å². The van der Waals surface area contributed by atoms with Gasteiger partial charge in [0.15, 0.2) is 0 Å². The van der Waals surface area contributed by atoms with Gasteiger partial charge in [0, 0.05) is 6.04 Å². The van der Waals surface area contributed by atoms with E-state index < -0.39 is 13.0 Å². The van der Waals surface area contributed by atoms with Gasteiger partial charge in [0.2, 0.25) is 0 Å². The maximum Gasteiger partial charge on any atom is 0.272 e. The predicted octanol–water partition coefficient (Wildman–Crippen LogP) is 2.05. The van der Waals surface area contributed by atoms with Crippen LogP contribution >= 0.6 is 0 Å². The molecule has 0 radical (unpaired) electrons. The first kappa shape index (κ1) is 11.8. The number of aromatic nitrogens is 1. The molecule has 0 fully saturated rings. The van der Waals surface area contributed by atoms with Crippen molar-refractivity contribution in [1.29, 1.82) is 0 Å². The number of aryl methyl sites for hydroxylation is 1. The lowest BCUT2D eigenvalue weighted by molar-refractivity contribution is 0.0813. The highest BCUT2D eigenvalue weighted by Gasteiger charge is 2.08. The van der Waals surface area contributed by atoms with Crippen LogP contribution in [0.5, 0.6) is 5.75 Å². The Morgan fingerprint density at radius 1 is 1.53 bits per heavy atom. The van der Waals surface area contributed by atoms with Gasteiger partial charge >= 0.3 is 0 Å². The van der Waals surface area contributed by atoms with Crippen molar-refractivity contribution < 1.29 is 13.5 Å². The van der Waals surface area contributed by atoms with Crippen molar-refractivity contribution in [2.75, 3.05) is 6.61 Å². The van der Waals surface area contributed by atoms with Crippen LogP contribution in [-0.2, 0) is 0 Å². The first-order chi connectivity index (χ1) is 7.00. The minimum absolute atomic E-state index is 0.173. The summed E-state index contributed by atoms with van der Waals surface area (Å²) in [4.78, 5) is 4.02. The molecule has 0 bridgehead atoms. The molecule has 1 aromatic heterocycles. The molecule has 0 saturated carbocycles. The summed E-state index contributed by atoms with van der Waals surface area (Å²) in [6.07, 6.45) is -1.05. The number of rotatable bonds is 4. The third kappa shape index (κ3) is 3.43. The lowest BCUT2D eigenvalue weighted by Gasteiger charge is -2.10. The van der Waals surface area contributed by atoms with Crippen LogP contribution in [0.1, 0.15) is 24.2 Å². The van der Waals surface area contributed by atoms with Crippen molar-refractivity contribution in [2.45, 2.75) is 26.3 Å². The van der Waals surface area contributed by atoms with Gasteiger partial charge in [-0.15, -0.1) is 0 Å². The van der Waals surface area contributed by atoms with Crippen LogP contribution in [0.4, 0.5) is 8.78 Å². The Morgan fingerprint density at radius 3 is 2.67 bits per heavy atom. The summed E-state index contributed by atoms with van der Waals surface area (Å²) in [6, 6.07) is 1.57. The second-order valence-corrected chi connectivity index (χ2v) is 3.37. The molecule has 3 nitrogen and oxygen atoms in total. The van der Waals surface area contributed by atoms with Crippen LogP contribution < -0.4 is 10.5 Å². The Bertz CT molecular complexity index is 329. The number of nitrogens with zero attached hydrogens (tertiary/aromatic N) is 1. The highest BCUT2D eigenvalue weighted by Crippen LogP contribution is 2.19. The van der Waals surface area contributed by atoms with E-state index in [1.807, 2.05) is 6.92 Å². The van der Waals surface area contributed by atoms with Crippen molar-refractivity contribution in [3.05, 3.63) is 23.5 Å². The molecule has 1 atom stereocenters. The van der Waals surface area contributed by atoms with Gasteiger partial charge in [-0.25, -0.2) is 8.78 Å². The van der Waals surface area contributed by atoms with E-state index in [4.69, 9.17) is 10.5 Å². The molecule has 1 aromatic rings. The lowest BCUT2D eigenvalue weighted by Crippen LogP contribution is -2.10. The van der Waals surface area contributed by atoms with Crippen molar-refractivity contribution >= 4 is 0 Å². The molecule has 0 aliphatic heterocycles. The molecule has 0 aliphatic carbocycles. The summed E-state index contributed by atoms with van der Waals surface area (Å²) >= 11 is 0. The molecular formula is C10H14F2N2O. The first-order valence-electron chi connectivity index (χ1n) is 4.63. The normalized spacial score (nSPS) is 12.9. The van der Waals surface area contributed by atoms with E-state index in [9.17, 15) is 8.78 Å². The zero-order chi connectivity index (χ0) is 11.4.